The fourth-order valence-corrected chi connectivity index (χ4v) is 2.74. The van der Waals surface area contributed by atoms with E-state index in [2.05, 4.69) is 55.3 Å². The average Bonchev–Trinajstić information content (AvgIpc) is 2.66. The summed E-state index contributed by atoms with van der Waals surface area (Å²) in [6.45, 7) is 12.5. The third-order valence-electron chi connectivity index (χ3n) is 4.04. The molecule has 100 valence electrons. The minimum Gasteiger partial charge on any atom is -0.313 e. The Labute approximate surface area is 111 Å². The summed E-state index contributed by atoms with van der Waals surface area (Å²) in [6.07, 6.45) is 0. The first kappa shape index (κ1) is 13.6. The van der Waals surface area contributed by atoms with Crippen LogP contribution in [0, 0.1) is 11.8 Å². The minimum atomic E-state index is 0.843. The molecule has 2 heteroatoms. The number of hydrogen-bond donors (Lipinski definition) is 1. The zero-order valence-corrected chi connectivity index (χ0v) is 11.9. The molecule has 1 aliphatic heterocycles. The molecule has 0 bridgehead atoms. The van der Waals surface area contributed by atoms with Gasteiger partial charge in [-0.25, -0.2) is 0 Å². The SMILES string of the molecule is CCNCc1cccc(CN2CC(C)C(C)C2)c1. The Hall–Kier alpha value is -0.860. The Kier molecular flexibility index (Phi) is 4.79. The lowest BCUT2D eigenvalue weighted by atomic mass is 10.0. The normalized spacial score (nSPS) is 24.6. The van der Waals surface area contributed by atoms with Gasteiger partial charge in [0.05, 0.1) is 0 Å². The van der Waals surface area contributed by atoms with Crippen LogP contribution in [0.15, 0.2) is 24.3 Å². The van der Waals surface area contributed by atoms with Crippen LogP contribution in [-0.2, 0) is 13.1 Å². The molecule has 18 heavy (non-hydrogen) atoms. The van der Waals surface area contributed by atoms with Gasteiger partial charge in [0.25, 0.3) is 0 Å². The molecule has 1 aromatic rings. The summed E-state index contributed by atoms with van der Waals surface area (Å²) in [6, 6.07) is 8.99. The molecule has 0 aromatic heterocycles. The third-order valence-corrected chi connectivity index (χ3v) is 4.04. The number of rotatable bonds is 5. The highest BCUT2D eigenvalue weighted by Crippen LogP contribution is 2.23. The molecule has 2 unspecified atom stereocenters. The molecule has 0 spiro atoms. The summed E-state index contributed by atoms with van der Waals surface area (Å²) >= 11 is 0. The maximum atomic E-state index is 3.39. The molecule has 0 saturated carbocycles. The molecular formula is C16H26N2. The van der Waals surface area contributed by atoms with Crippen LogP contribution in [-0.4, -0.2) is 24.5 Å². The summed E-state index contributed by atoms with van der Waals surface area (Å²) in [5, 5.41) is 3.39. The van der Waals surface area contributed by atoms with E-state index in [1.165, 1.54) is 24.2 Å². The summed E-state index contributed by atoms with van der Waals surface area (Å²) in [5.41, 5.74) is 2.85. The van der Waals surface area contributed by atoms with Gasteiger partial charge in [-0.3, -0.25) is 4.90 Å². The van der Waals surface area contributed by atoms with Crippen LogP contribution in [0.5, 0.6) is 0 Å². The molecular weight excluding hydrogens is 220 g/mol. The maximum Gasteiger partial charge on any atom is 0.0234 e. The van der Waals surface area contributed by atoms with Gasteiger partial charge in [0.1, 0.15) is 0 Å². The first-order chi connectivity index (χ1) is 8.69. The Morgan fingerprint density at radius 1 is 1.17 bits per heavy atom. The van der Waals surface area contributed by atoms with E-state index in [1.807, 2.05) is 0 Å². The van der Waals surface area contributed by atoms with Gasteiger partial charge in [-0.15, -0.1) is 0 Å². The van der Waals surface area contributed by atoms with Gasteiger partial charge in [-0.2, -0.15) is 0 Å². The second-order valence-electron chi connectivity index (χ2n) is 5.75. The van der Waals surface area contributed by atoms with Gasteiger partial charge in [-0.05, 0) is 29.5 Å². The number of hydrogen-bond acceptors (Lipinski definition) is 2. The predicted molar refractivity (Wildman–Crippen MR) is 77.4 cm³/mol. The Balaban J connectivity index is 1.93. The van der Waals surface area contributed by atoms with E-state index in [4.69, 9.17) is 0 Å². The molecule has 0 radical (unpaired) electrons. The van der Waals surface area contributed by atoms with Gasteiger partial charge in [-0.1, -0.05) is 45.0 Å². The van der Waals surface area contributed by atoms with Gasteiger partial charge in [0.15, 0.2) is 0 Å². The van der Waals surface area contributed by atoms with Gasteiger partial charge in [0.2, 0.25) is 0 Å². The second-order valence-corrected chi connectivity index (χ2v) is 5.75. The van der Waals surface area contributed by atoms with Crippen LogP contribution in [0.3, 0.4) is 0 Å². The van der Waals surface area contributed by atoms with Gasteiger partial charge in [0, 0.05) is 26.2 Å². The van der Waals surface area contributed by atoms with E-state index in [0.717, 1.165) is 31.5 Å². The summed E-state index contributed by atoms with van der Waals surface area (Å²) in [7, 11) is 0. The molecule has 1 fully saturated rings. The first-order valence-electron chi connectivity index (χ1n) is 7.20. The second kappa shape index (κ2) is 6.35. The van der Waals surface area contributed by atoms with Crippen molar-refractivity contribution in [2.24, 2.45) is 11.8 Å². The fourth-order valence-electron chi connectivity index (χ4n) is 2.74. The fraction of sp³-hybridized carbons (Fsp3) is 0.625. The largest absolute Gasteiger partial charge is 0.313 e. The quantitative estimate of drug-likeness (QED) is 0.859. The lowest BCUT2D eigenvalue weighted by Crippen LogP contribution is -2.20. The standard InChI is InChI=1S/C16H26N2/c1-4-17-9-15-6-5-7-16(8-15)12-18-10-13(2)14(3)11-18/h5-8,13-14,17H,4,9-12H2,1-3H3. The van der Waals surface area contributed by atoms with E-state index in [9.17, 15) is 0 Å². The lowest BCUT2D eigenvalue weighted by Gasteiger charge is -2.16. The van der Waals surface area contributed by atoms with Crippen LogP contribution < -0.4 is 5.32 Å². The smallest absolute Gasteiger partial charge is 0.0234 e. The van der Waals surface area contributed by atoms with E-state index < -0.39 is 0 Å². The molecule has 1 aromatic carbocycles. The Morgan fingerprint density at radius 2 is 1.83 bits per heavy atom. The zero-order valence-electron chi connectivity index (χ0n) is 11.9. The van der Waals surface area contributed by atoms with E-state index in [1.54, 1.807) is 0 Å². The van der Waals surface area contributed by atoms with Crippen molar-refractivity contribution in [3.63, 3.8) is 0 Å². The molecule has 2 atom stereocenters. The number of nitrogens with zero attached hydrogens (tertiary/aromatic N) is 1. The van der Waals surface area contributed by atoms with Crippen molar-refractivity contribution in [2.45, 2.75) is 33.9 Å². The topological polar surface area (TPSA) is 15.3 Å². The highest BCUT2D eigenvalue weighted by Gasteiger charge is 2.25. The maximum absolute atomic E-state index is 3.39. The summed E-state index contributed by atoms with van der Waals surface area (Å²) < 4.78 is 0. The number of nitrogens with one attached hydrogen (secondary N) is 1. The van der Waals surface area contributed by atoms with E-state index in [-0.39, 0.29) is 0 Å². The molecule has 2 rings (SSSR count). The van der Waals surface area contributed by atoms with Crippen LogP contribution in [0.25, 0.3) is 0 Å². The highest BCUT2D eigenvalue weighted by atomic mass is 15.1. The number of likely N-dealkylation sites (tertiary alicyclic amines) is 1. The van der Waals surface area contributed by atoms with Crippen LogP contribution in [0.2, 0.25) is 0 Å². The summed E-state index contributed by atoms with van der Waals surface area (Å²) in [5.74, 6) is 1.69. The molecule has 0 amide bonds. The highest BCUT2D eigenvalue weighted by molar-refractivity contribution is 5.23. The molecule has 2 nitrogen and oxygen atoms in total. The van der Waals surface area contributed by atoms with Crippen LogP contribution >= 0.6 is 0 Å². The van der Waals surface area contributed by atoms with Crippen molar-refractivity contribution in [1.82, 2.24) is 10.2 Å². The molecule has 1 saturated heterocycles. The van der Waals surface area contributed by atoms with Crippen molar-refractivity contribution in [2.75, 3.05) is 19.6 Å². The monoisotopic (exact) mass is 246 g/mol. The third kappa shape index (κ3) is 3.56. The Morgan fingerprint density at radius 3 is 2.50 bits per heavy atom. The average molecular weight is 246 g/mol. The van der Waals surface area contributed by atoms with Crippen molar-refractivity contribution in [1.29, 1.82) is 0 Å². The molecule has 1 heterocycles. The molecule has 1 N–H and O–H groups in total. The molecule has 1 aliphatic rings. The van der Waals surface area contributed by atoms with E-state index >= 15 is 0 Å². The zero-order chi connectivity index (χ0) is 13.0. The first-order valence-corrected chi connectivity index (χ1v) is 7.20. The molecule has 0 aliphatic carbocycles. The van der Waals surface area contributed by atoms with Crippen molar-refractivity contribution >= 4 is 0 Å². The van der Waals surface area contributed by atoms with Crippen molar-refractivity contribution in [3.8, 4) is 0 Å². The minimum absolute atomic E-state index is 0.843. The van der Waals surface area contributed by atoms with Crippen molar-refractivity contribution < 1.29 is 0 Å². The van der Waals surface area contributed by atoms with Crippen LogP contribution in [0.4, 0.5) is 0 Å². The van der Waals surface area contributed by atoms with Crippen LogP contribution in [0.1, 0.15) is 31.9 Å². The lowest BCUT2D eigenvalue weighted by molar-refractivity contribution is 0.316. The Bertz CT molecular complexity index is 365. The predicted octanol–water partition coefficient (Wildman–Crippen LogP) is 2.88. The van der Waals surface area contributed by atoms with Gasteiger partial charge < -0.3 is 5.32 Å². The van der Waals surface area contributed by atoms with Gasteiger partial charge >= 0.3 is 0 Å². The summed E-state index contributed by atoms with van der Waals surface area (Å²) in [4.78, 5) is 2.59. The van der Waals surface area contributed by atoms with Crippen molar-refractivity contribution in [3.05, 3.63) is 35.4 Å². The van der Waals surface area contributed by atoms with E-state index in [0.29, 0.717) is 0 Å². The number of benzene rings is 1.